The van der Waals surface area contributed by atoms with Crippen LogP contribution in [0.2, 0.25) is 5.02 Å². The normalized spacial score (nSPS) is 10.6. The van der Waals surface area contributed by atoms with E-state index in [1.807, 2.05) is 0 Å². The third-order valence-electron chi connectivity index (χ3n) is 2.36. The minimum absolute atomic E-state index is 0.321. The number of hydrogen-bond acceptors (Lipinski definition) is 0. The molecule has 2 aromatic rings. The maximum absolute atomic E-state index is 13.1. The first-order chi connectivity index (χ1) is 8.10. The summed E-state index contributed by atoms with van der Waals surface area (Å²) < 4.78 is 26.2. The van der Waals surface area contributed by atoms with Gasteiger partial charge in [0.15, 0.2) is 0 Å². The summed E-state index contributed by atoms with van der Waals surface area (Å²) in [6.45, 7) is 0. The summed E-state index contributed by atoms with van der Waals surface area (Å²) in [5.74, 6) is -0.943. The zero-order valence-electron chi connectivity index (χ0n) is 8.68. The highest BCUT2D eigenvalue weighted by Crippen LogP contribution is 2.30. The molecule has 0 nitrogen and oxygen atoms in total. The van der Waals surface area contributed by atoms with Gasteiger partial charge in [0.05, 0.1) is 0 Å². The molecular weight excluding hydrogens is 265 g/mol. The second-order valence-electron chi connectivity index (χ2n) is 3.61. The van der Waals surface area contributed by atoms with Crippen molar-refractivity contribution in [1.29, 1.82) is 0 Å². The first kappa shape index (κ1) is 12.3. The number of hydrogen-bond donors (Lipinski definition) is 0. The molecule has 2 aromatic carbocycles. The number of halogens is 4. The molecule has 0 amide bonds. The van der Waals surface area contributed by atoms with Crippen LogP contribution in [0.15, 0.2) is 36.4 Å². The molecule has 0 fully saturated rings. The van der Waals surface area contributed by atoms with Gasteiger partial charge < -0.3 is 0 Å². The van der Waals surface area contributed by atoms with Crippen LogP contribution in [0, 0.1) is 11.6 Å². The number of alkyl halides is 1. The van der Waals surface area contributed by atoms with Crippen LogP contribution in [-0.4, -0.2) is 0 Å². The van der Waals surface area contributed by atoms with E-state index in [1.54, 1.807) is 18.2 Å². The monoisotopic (exact) mass is 272 g/mol. The largest absolute Gasteiger partial charge is 0.207 e. The highest BCUT2D eigenvalue weighted by molar-refractivity contribution is 6.33. The molecular formula is C13H8Cl2F2. The lowest BCUT2D eigenvalue weighted by molar-refractivity contribution is 0.584. The van der Waals surface area contributed by atoms with Gasteiger partial charge in [-0.2, -0.15) is 0 Å². The zero-order valence-corrected chi connectivity index (χ0v) is 10.2. The van der Waals surface area contributed by atoms with Gasteiger partial charge in [0, 0.05) is 22.5 Å². The molecule has 4 heteroatoms. The van der Waals surface area contributed by atoms with E-state index in [0.717, 1.165) is 11.6 Å². The van der Waals surface area contributed by atoms with Crippen LogP contribution < -0.4 is 0 Å². The number of benzene rings is 2. The van der Waals surface area contributed by atoms with Gasteiger partial charge in [-0.3, -0.25) is 0 Å². The van der Waals surface area contributed by atoms with Crippen LogP contribution >= 0.6 is 23.2 Å². The molecule has 0 radical (unpaired) electrons. The van der Waals surface area contributed by atoms with Gasteiger partial charge in [-0.1, -0.05) is 17.7 Å². The molecule has 0 aromatic heterocycles. The molecule has 0 saturated heterocycles. The summed E-state index contributed by atoms with van der Waals surface area (Å²) >= 11 is 11.7. The van der Waals surface area contributed by atoms with Crippen molar-refractivity contribution >= 4 is 23.2 Å². The summed E-state index contributed by atoms with van der Waals surface area (Å²) in [4.78, 5) is 0. The average Bonchev–Trinajstić information content (AvgIpc) is 2.28. The molecule has 0 heterocycles. The van der Waals surface area contributed by atoms with E-state index in [1.165, 1.54) is 12.1 Å². The van der Waals surface area contributed by atoms with Gasteiger partial charge in [0.1, 0.15) is 11.6 Å². The summed E-state index contributed by atoms with van der Waals surface area (Å²) in [5.41, 5.74) is 1.82. The minimum atomic E-state index is -0.632. The van der Waals surface area contributed by atoms with Crippen molar-refractivity contribution in [2.45, 2.75) is 5.88 Å². The molecule has 0 N–H and O–H groups in total. The SMILES string of the molecule is Fc1cc(F)cc(-c2cc(CCl)ccc2Cl)c1. The van der Waals surface area contributed by atoms with Gasteiger partial charge in [-0.15, -0.1) is 11.6 Å². The first-order valence-electron chi connectivity index (χ1n) is 4.91. The maximum atomic E-state index is 13.1. The lowest BCUT2D eigenvalue weighted by Crippen LogP contribution is -1.87. The smallest absolute Gasteiger partial charge is 0.126 e. The fraction of sp³-hybridized carbons (Fsp3) is 0.0769. The van der Waals surface area contributed by atoms with Gasteiger partial charge >= 0.3 is 0 Å². The standard InChI is InChI=1S/C13H8Cl2F2/c14-7-8-1-2-13(15)12(3-8)9-4-10(16)6-11(17)5-9/h1-6H,7H2. The van der Waals surface area contributed by atoms with Crippen LogP contribution in [0.5, 0.6) is 0 Å². The Morgan fingerprint density at radius 3 is 2.18 bits per heavy atom. The van der Waals surface area contributed by atoms with E-state index in [-0.39, 0.29) is 0 Å². The lowest BCUT2D eigenvalue weighted by Gasteiger charge is -2.07. The fourth-order valence-electron chi connectivity index (χ4n) is 1.59. The van der Waals surface area contributed by atoms with E-state index in [9.17, 15) is 8.78 Å². The minimum Gasteiger partial charge on any atom is -0.207 e. The van der Waals surface area contributed by atoms with Crippen molar-refractivity contribution in [1.82, 2.24) is 0 Å². The molecule has 0 aliphatic heterocycles. The van der Waals surface area contributed by atoms with Crippen LogP contribution in [0.1, 0.15) is 5.56 Å². The molecule has 2 rings (SSSR count). The molecule has 0 spiro atoms. The van der Waals surface area contributed by atoms with E-state index in [2.05, 4.69) is 0 Å². The highest BCUT2D eigenvalue weighted by Gasteiger charge is 2.08. The van der Waals surface area contributed by atoms with Crippen molar-refractivity contribution < 1.29 is 8.78 Å². The quantitative estimate of drug-likeness (QED) is 0.673. The van der Waals surface area contributed by atoms with Crippen molar-refractivity contribution in [2.75, 3.05) is 0 Å². The average molecular weight is 273 g/mol. The molecule has 0 atom stereocenters. The predicted octanol–water partition coefficient (Wildman–Crippen LogP) is 5.02. The summed E-state index contributed by atoms with van der Waals surface area (Å²) in [7, 11) is 0. The lowest BCUT2D eigenvalue weighted by atomic mass is 10.0. The predicted molar refractivity (Wildman–Crippen MR) is 66.4 cm³/mol. The molecule has 0 bridgehead atoms. The summed E-state index contributed by atoms with van der Waals surface area (Å²) in [5, 5.41) is 0.434. The Hall–Kier alpha value is -1.12. The van der Waals surface area contributed by atoms with Crippen LogP contribution in [0.25, 0.3) is 11.1 Å². The van der Waals surface area contributed by atoms with Crippen LogP contribution in [0.4, 0.5) is 8.78 Å². The summed E-state index contributed by atoms with van der Waals surface area (Å²) in [6.07, 6.45) is 0. The van der Waals surface area contributed by atoms with E-state index < -0.39 is 11.6 Å². The zero-order chi connectivity index (χ0) is 12.4. The molecule has 0 aliphatic carbocycles. The molecule has 17 heavy (non-hydrogen) atoms. The van der Waals surface area contributed by atoms with E-state index in [4.69, 9.17) is 23.2 Å². The Labute approximate surface area is 108 Å². The topological polar surface area (TPSA) is 0 Å². The third-order valence-corrected chi connectivity index (χ3v) is 3.00. The van der Waals surface area contributed by atoms with Crippen LogP contribution in [0.3, 0.4) is 0 Å². The maximum Gasteiger partial charge on any atom is 0.126 e. The van der Waals surface area contributed by atoms with Crippen molar-refractivity contribution in [3.05, 3.63) is 58.6 Å². The van der Waals surface area contributed by atoms with Gasteiger partial charge in [-0.25, -0.2) is 8.78 Å². The molecule has 88 valence electrons. The van der Waals surface area contributed by atoms with Gasteiger partial charge in [-0.05, 0) is 35.4 Å². The Morgan fingerprint density at radius 1 is 0.941 bits per heavy atom. The Balaban J connectivity index is 2.58. The van der Waals surface area contributed by atoms with E-state index in [0.29, 0.717) is 22.0 Å². The van der Waals surface area contributed by atoms with E-state index >= 15 is 0 Å². The second kappa shape index (κ2) is 5.03. The Bertz CT molecular complexity index is 533. The van der Waals surface area contributed by atoms with Crippen LogP contribution in [-0.2, 0) is 5.88 Å². The third kappa shape index (κ3) is 2.76. The molecule has 0 saturated carbocycles. The van der Waals surface area contributed by atoms with Crippen molar-refractivity contribution in [3.63, 3.8) is 0 Å². The molecule has 0 unspecified atom stereocenters. The number of rotatable bonds is 2. The molecule has 0 aliphatic rings. The van der Waals surface area contributed by atoms with Gasteiger partial charge in [0.2, 0.25) is 0 Å². The second-order valence-corrected chi connectivity index (χ2v) is 4.28. The summed E-state index contributed by atoms with van der Waals surface area (Å²) in [6, 6.07) is 8.46. The first-order valence-corrected chi connectivity index (χ1v) is 5.82. The Morgan fingerprint density at radius 2 is 1.59 bits per heavy atom. The highest BCUT2D eigenvalue weighted by atomic mass is 35.5. The van der Waals surface area contributed by atoms with Crippen molar-refractivity contribution in [2.24, 2.45) is 0 Å². The van der Waals surface area contributed by atoms with Crippen molar-refractivity contribution in [3.8, 4) is 11.1 Å². The van der Waals surface area contributed by atoms with Gasteiger partial charge in [0.25, 0.3) is 0 Å². The fourth-order valence-corrected chi connectivity index (χ4v) is 1.98. The Kier molecular flexibility index (Phi) is 3.65.